The first-order valence-electron chi connectivity index (χ1n) is 17.8. The summed E-state index contributed by atoms with van der Waals surface area (Å²) in [5, 5.41) is 17.0. The van der Waals surface area contributed by atoms with Crippen LogP contribution in [0.3, 0.4) is 0 Å². The molecule has 1 aliphatic heterocycles. The number of nitrogens with one attached hydrogen (secondary N) is 3. The molecule has 1 aromatic heterocycles. The predicted octanol–water partition coefficient (Wildman–Crippen LogP) is 5.06. The molecule has 1 aliphatic rings. The normalized spacial score (nSPS) is 12.4. The van der Waals surface area contributed by atoms with Gasteiger partial charge in [-0.05, 0) is 115 Å². The van der Waals surface area contributed by atoms with Gasteiger partial charge in [-0.1, -0.05) is 17.3 Å². The van der Waals surface area contributed by atoms with E-state index in [-0.39, 0.29) is 24.1 Å². The van der Waals surface area contributed by atoms with Crippen LogP contribution in [0.1, 0.15) is 38.5 Å². The number of carbonyl (C=O) groups is 3. The second-order valence-corrected chi connectivity index (χ2v) is 12.5. The van der Waals surface area contributed by atoms with Crippen LogP contribution in [-0.2, 0) is 11.2 Å². The number of nitrogens with zero attached hydrogens (tertiary/aromatic N) is 5. The maximum absolute atomic E-state index is 13.4. The minimum absolute atomic E-state index is 0.106. The molecule has 16 heteroatoms. The molecule has 0 unspecified atom stereocenters. The van der Waals surface area contributed by atoms with E-state index in [1.807, 2.05) is 42.5 Å². The van der Waals surface area contributed by atoms with Crippen molar-refractivity contribution in [3.63, 3.8) is 0 Å². The standard InChI is InChI=1S/C21H21N5O3.C20H23N5O3/c1-23-20(27)18-17-11-12-25(14-5-3-13(22)4-6-14)21(28)19(17)26(24-18)15-7-9-16(29-2)10-8-15;1-28-19-8-6-18(7-9-19)24-25-20(13-23-27)16(10-11-22-14-26)12-15-2-4-17(21)5-3-15/h3-10H,11-12,22H2,1-2H3,(H,23,27);2-9,12,14,24H,10-11,13,21H2,1H3,(H,22,26)/b;16-12+,25-20-. The Morgan fingerprint density at radius 3 is 2.05 bits per heavy atom. The number of nitroso groups, excluding NO2 is 1. The van der Waals surface area contributed by atoms with Crippen LogP contribution in [0.25, 0.3) is 11.8 Å². The highest BCUT2D eigenvalue weighted by Crippen LogP contribution is 2.30. The number of aromatic nitrogens is 2. The van der Waals surface area contributed by atoms with Gasteiger partial charge in [-0.3, -0.25) is 19.8 Å². The summed E-state index contributed by atoms with van der Waals surface area (Å²) in [7, 11) is 4.73. The number of hydrogen-bond donors (Lipinski definition) is 5. The maximum Gasteiger partial charge on any atom is 0.277 e. The van der Waals surface area contributed by atoms with Crippen molar-refractivity contribution in [2.24, 2.45) is 10.3 Å². The molecular weight excluding hydrogens is 729 g/mol. The highest BCUT2D eigenvalue weighted by Gasteiger charge is 2.35. The summed E-state index contributed by atoms with van der Waals surface area (Å²) in [6.45, 7) is 0.754. The van der Waals surface area contributed by atoms with Crippen LogP contribution in [0.2, 0.25) is 0 Å². The van der Waals surface area contributed by atoms with Gasteiger partial charge in [0.2, 0.25) is 6.41 Å². The van der Waals surface area contributed by atoms with Crippen molar-refractivity contribution in [2.75, 3.05) is 62.7 Å². The maximum atomic E-state index is 13.4. The molecular formula is C41H44N10O6. The average molecular weight is 773 g/mol. The van der Waals surface area contributed by atoms with Gasteiger partial charge in [0.05, 0.1) is 31.3 Å². The SMILES string of the molecule is CNC(=O)c1nn(-c2ccc(OC)cc2)c2c1CCN(c1ccc(N)cc1)C2=O.COc1ccc(N/N=C(CN=O)\C(=C\c2ccc(N)cc2)CCNC=O)cc1. The first-order chi connectivity index (χ1) is 27.7. The van der Waals surface area contributed by atoms with Crippen molar-refractivity contribution >= 4 is 52.8 Å². The van der Waals surface area contributed by atoms with Gasteiger partial charge < -0.3 is 36.5 Å². The van der Waals surface area contributed by atoms with E-state index in [1.54, 1.807) is 86.8 Å². The molecule has 0 radical (unpaired) electrons. The Morgan fingerprint density at radius 2 is 1.47 bits per heavy atom. The number of methoxy groups -OCH3 is 2. The zero-order valence-electron chi connectivity index (χ0n) is 31.8. The lowest BCUT2D eigenvalue weighted by atomic mass is 10.0. The average Bonchev–Trinajstić information content (AvgIpc) is 3.64. The Kier molecular flexibility index (Phi) is 14.1. The largest absolute Gasteiger partial charge is 0.497 e. The second-order valence-electron chi connectivity index (χ2n) is 12.5. The van der Waals surface area contributed by atoms with Crippen molar-refractivity contribution in [1.29, 1.82) is 0 Å². The Morgan fingerprint density at radius 1 is 0.877 bits per heavy atom. The molecule has 6 rings (SSSR count). The summed E-state index contributed by atoms with van der Waals surface area (Å²) in [6, 6.07) is 28.8. The number of amides is 3. The van der Waals surface area contributed by atoms with Gasteiger partial charge in [-0.15, -0.1) is 0 Å². The van der Waals surface area contributed by atoms with E-state index >= 15 is 0 Å². The lowest BCUT2D eigenvalue weighted by Crippen LogP contribution is -2.39. The van der Waals surface area contributed by atoms with Crippen molar-refractivity contribution in [3.05, 3.63) is 130 Å². The molecule has 0 saturated carbocycles. The summed E-state index contributed by atoms with van der Waals surface area (Å²) >= 11 is 0. The molecule has 0 bridgehead atoms. The third-order valence-electron chi connectivity index (χ3n) is 8.87. The number of nitrogen functional groups attached to an aromatic ring is 2. The number of nitrogens with two attached hydrogens (primary N) is 2. The molecule has 0 atom stereocenters. The van der Waals surface area contributed by atoms with E-state index in [0.717, 1.165) is 28.3 Å². The molecule has 16 nitrogen and oxygen atoms in total. The van der Waals surface area contributed by atoms with E-state index in [4.69, 9.17) is 20.9 Å². The van der Waals surface area contributed by atoms with Gasteiger partial charge in [-0.2, -0.15) is 15.1 Å². The molecule has 0 saturated heterocycles. The van der Waals surface area contributed by atoms with Crippen molar-refractivity contribution in [3.8, 4) is 17.2 Å². The number of benzene rings is 4. The fraction of sp³-hybridized carbons (Fsp3) is 0.195. The third-order valence-corrected chi connectivity index (χ3v) is 8.87. The van der Waals surface area contributed by atoms with E-state index in [9.17, 15) is 19.3 Å². The first-order valence-corrected chi connectivity index (χ1v) is 17.8. The molecule has 294 valence electrons. The zero-order valence-corrected chi connectivity index (χ0v) is 31.8. The monoisotopic (exact) mass is 772 g/mol. The predicted molar refractivity (Wildman–Crippen MR) is 222 cm³/mol. The molecule has 2 heterocycles. The van der Waals surface area contributed by atoms with E-state index in [0.29, 0.717) is 72.1 Å². The number of fused-ring (bicyclic) bond motifs is 1. The highest BCUT2D eigenvalue weighted by molar-refractivity contribution is 6.10. The van der Waals surface area contributed by atoms with Gasteiger partial charge in [0.15, 0.2) is 5.69 Å². The van der Waals surface area contributed by atoms with Crippen LogP contribution in [0, 0.1) is 4.91 Å². The molecule has 5 aromatic rings. The van der Waals surface area contributed by atoms with E-state index in [2.05, 4.69) is 31.4 Å². The molecule has 3 amide bonds. The third kappa shape index (κ3) is 10.4. The van der Waals surface area contributed by atoms with Crippen LogP contribution in [0.15, 0.2) is 113 Å². The van der Waals surface area contributed by atoms with Crippen LogP contribution >= 0.6 is 0 Å². The lowest BCUT2D eigenvalue weighted by molar-refractivity contribution is -0.109. The molecule has 0 aliphatic carbocycles. The summed E-state index contributed by atoms with van der Waals surface area (Å²) in [5.74, 6) is 0.890. The number of hydrogen-bond acceptors (Lipinski definition) is 12. The molecule has 4 aromatic carbocycles. The van der Waals surface area contributed by atoms with Gasteiger partial charge in [0.1, 0.15) is 23.7 Å². The molecule has 57 heavy (non-hydrogen) atoms. The minimum Gasteiger partial charge on any atom is -0.497 e. The number of anilines is 4. The Hall–Kier alpha value is -7.49. The Balaban J connectivity index is 0.000000218. The minimum atomic E-state index is -0.317. The molecule has 7 N–H and O–H groups in total. The zero-order chi connectivity index (χ0) is 40.7. The summed E-state index contributed by atoms with van der Waals surface area (Å²) < 4.78 is 11.9. The first kappa shape index (κ1) is 40.7. The summed E-state index contributed by atoms with van der Waals surface area (Å²) in [6.07, 6.45) is 3.53. The Bertz CT molecular complexity index is 2220. The smallest absolute Gasteiger partial charge is 0.277 e. The fourth-order valence-corrected chi connectivity index (χ4v) is 5.90. The summed E-state index contributed by atoms with van der Waals surface area (Å²) in [5.41, 5.74) is 21.3. The molecule has 0 fully saturated rings. The van der Waals surface area contributed by atoms with E-state index in [1.165, 1.54) is 4.68 Å². The summed E-state index contributed by atoms with van der Waals surface area (Å²) in [4.78, 5) is 49.0. The number of hydrazone groups is 1. The van der Waals surface area contributed by atoms with Gasteiger partial charge in [-0.25, -0.2) is 4.68 Å². The topological polar surface area (TPSA) is 221 Å². The van der Waals surface area contributed by atoms with Gasteiger partial charge >= 0.3 is 0 Å². The fourth-order valence-electron chi connectivity index (χ4n) is 5.90. The van der Waals surface area contributed by atoms with Crippen LogP contribution in [-0.4, -0.2) is 74.6 Å². The quantitative estimate of drug-likeness (QED) is 0.0238. The van der Waals surface area contributed by atoms with E-state index < -0.39 is 0 Å². The highest BCUT2D eigenvalue weighted by atomic mass is 16.5. The van der Waals surface area contributed by atoms with Crippen LogP contribution < -0.4 is 41.9 Å². The second kappa shape index (κ2) is 19.7. The van der Waals surface area contributed by atoms with Crippen molar-refractivity contribution in [1.82, 2.24) is 20.4 Å². The van der Waals surface area contributed by atoms with Gasteiger partial charge in [0, 0.05) is 42.8 Å². The van der Waals surface area contributed by atoms with Crippen LogP contribution in [0.4, 0.5) is 22.7 Å². The van der Waals surface area contributed by atoms with Crippen LogP contribution in [0.5, 0.6) is 11.5 Å². The number of rotatable bonds is 15. The van der Waals surface area contributed by atoms with Gasteiger partial charge in [0.25, 0.3) is 11.8 Å². The van der Waals surface area contributed by atoms with Crippen molar-refractivity contribution in [2.45, 2.75) is 12.8 Å². The van der Waals surface area contributed by atoms with Crippen molar-refractivity contribution < 1.29 is 23.9 Å². The Labute approximate surface area is 329 Å². The number of ether oxygens (including phenoxy) is 2. The molecule has 0 spiro atoms. The lowest BCUT2D eigenvalue weighted by Gasteiger charge is -2.27. The number of carbonyl (C=O) groups excluding carboxylic acids is 3.